The molecule has 2 saturated heterocycles. The normalized spacial score (nSPS) is 25.3. The van der Waals surface area contributed by atoms with Gasteiger partial charge in [0.15, 0.2) is 0 Å². The lowest BCUT2D eigenvalue weighted by atomic mass is 9.86. The quantitative estimate of drug-likeness (QED) is 0.833. The maximum atomic E-state index is 12.6. The molecule has 7 heteroatoms. The average Bonchev–Trinajstić information content (AvgIpc) is 3.33. The van der Waals surface area contributed by atoms with Crippen molar-refractivity contribution >= 4 is 22.9 Å². The van der Waals surface area contributed by atoms with E-state index in [1.54, 1.807) is 18.4 Å². The first-order chi connectivity index (χ1) is 13.6. The first-order valence-corrected chi connectivity index (χ1v) is 10.7. The van der Waals surface area contributed by atoms with Crippen molar-refractivity contribution < 1.29 is 14.3 Å². The smallest absolute Gasteiger partial charge is 0.238 e. The summed E-state index contributed by atoms with van der Waals surface area (Å²) in [7, 11) is 1.74. The Labute approximate surface area is 169 Å². The van der Waals surface area contributed by atoms with Crippen LogP contribution in [0.25, 0.3) is 11.3 Å². The molecule has 4 rings (SSSR count). The molecule has 1 aromatic heterocycles. The Bertz CT molecular complexity index is 832. The van der Waals surface area contributed by atoms with Crippen LogP contribution in [0.4, 0.5) is 5.69 Å². The highest BCUT2D eigenvalue weighted by molar-refractivity contribution is 7.09. The van der Waals surface area contributed by atoms with E-state index in [4.69, 9.17) is 9.47 Å². The van der Waals surface area contributed by atoms with Crippen molar-refractivity contribution in [1.29, 1.82) is 0 Å². The summed E-state index contributed by atoms with van der Waals surface area (Å²) in [5, 5.41) is 6.09. The summed E-state index contributed by atoms with van der Waals surface area (Å²) < 4.78 is 11.8. The van der Waals surface area contributed by atoms with Crippen LogP contribution >= 0.6 is 11.3 Å². The molecular weight excluding hydrogens is 374 g/mol. The number of piperidine rings is 1. The fourth-order valence-corrected chi connectivity index (χ4v) is 4.88. The lowest BCUT2D eigenvalue weighted by molar-refractivity contribution is -0.145. The minimum Gasteiger partial charge on any atom is -0.377 e. The number of methoxy groups -OCH3 is 1. The van der Waals surface area contributed by atoms with Crippen molar-refractivity contribution in [3.8, 4) is 11.3 Å². The van der Waals surface area contributed by atoms with Crippen LogP contribution in [-0.2, 0) is 14.3 Å². The van der Waals surface area contributed by atoms with Gasteiger partial charge in [-0.05, 0) is 38.3 Å². The number of aryl methyl sites for hydroxylation is 1. The number of nitrogens with zero attached hydrogens (tertiary/aromatic N) is 2. The van der Waals surface area contributed by atoms with E-state index < -0.39 is 0 Å². The van der Waals surface area contributed by atoms with Gasteiger partial charge < -0.3 is 14.8 Å². The lowest BCUT2D eigenvalue weighted by Gasteiger charge is -2.44. The molecule has 1 amide bonds. The van der Waals surface area contributed by atoms with E-state index in [1.165, 1.54) is 0 Å². The number of carbonyl (C=O) groups is 1. The molecule has 2 fully saturated rings. The predicted octanol–water partition coefficient (Wildman–Crippen LogP) is 3.33. The molecule has 6 nitrogen and oxygen atoms in total. The van der Waals surface area contributed by atoms with Gasteiger partial charge in [0, 0.05) is 43.4 Å². The number of carbonyl (C=O) groups excluding carboxylic acids is 1. The Morgan fingerprint density at radius 2 is 2.36 bits per heavy atom. The predicted molar refractivity (Wildman–Crippen MR) is 111 cm³/mol. The molecule has 2 aromatic rings. The maximum Gasteiger partial charge on any atom is 0.238 e. The van der Waals surface area contributed by atoms with Gasteiger partial charge in [-0.25, -0.2) is 4.98 Å². The van der Waals surface area contributed by atoms with Gasteiger partial charge in [0.2, 0.25) is 5.91 Å². The summed E-state index contributed by atoms with van der Waals surface area (Å²) in [6, 6.07) is 7.85. The highest BCUT2D eigenvalue weighted by Gasteiger charge is 2.46. The summed E-state index contributed by atoms with van der Waals surface area (Å²) >= 11 is 1.63. The van der Waals surface area contributed by atoms with Crippen molar-refractivity contribution in [3.05, 3.63) is 34.7 Å². The summed E-state index contributed by atoms with van der Waals surface area (Å²) in [5.74, 6) is -0.00949. The fourth-order valence-electron chi connectivity index (χ4n) is 4.26. The second-order valence-electron chi connectivity index (χ2n) is 7.61. The number of thiazole rings is 1. The number of rotatable bonds is 5. The van der Waals surface area contributed by atoms with Gasteiger partial charge in [-0.1, -0.05) is 12.1 Å². The van der Waals surface area contributed by atoms with Crippen LogP contribution in [0.5, 0.6) is 0 Å². The number of likely N-dealkylation sites (tertiary alicyclic amines) is 1. The number of ether oxygens (including phenoxy) is 2. The number of nitrogens with one attached hydrogen (secondary N) is 1. The Morgan fingerprint density at radius 3 is 3.07 bits per heavy atom. The Morgan fingerprint density at radius 1 is 1.46 bits per heavy atom. The van der Waals surface area contributed by atoms with E-state index in [0.717, 1.165) is 60.9 Å². The zero-order chi connectivity index (χ0) is 19.6. The number of aromatic nitrogens is 1. The Balaban J connectivity index is 1.36. The molecule has 3 heterocycles. The van der Waals surface area contributed by atoms with Gasteiger partial charge in [-0.15, -0.1) is 11.3 Å². The van der Waals surface area contributed by atoms with Crippen molar-refractivity contribution in [2.24, 2.45) is 0 Å². The van der Waals surface area contributed by atoms with E-state index >= 15 is 0 Å². The summed E-state index contributed by atoms with van der Waals surface area (Å²) in [6.45, 7) is 4.74. The number of benzene rings is 1. The van der Waals surface area contributed by atoms with E-state index in [9.17, 15) is 4.79 Å². The van der Waals surface area contributed by atoms with Crippen molar-refractivity contribution in [2.45, 2.75) is 37.9 Å². The molecule has 1 spiro atoms. The van der Waals surface area contributed by atoms with Crippen LogP contribution in [0.1, 0.15) is 24.3 Å². The third-order valence-electron chi connectivity index (χ3n) is 5.71. The van der Waals surface area contributed by atoms with Crippen LogP contribution in [-0.4, -0.2) is 60.8 Å². The number of hydrogen-bond donors (Lipinski definition) is 1. The zero-order valence-corrected chi connectivity index (χ0v) is 17.3. The highest BCUT2D eigenvalue weighted by atomic mass is 32.1. The largest absolute Gasteiger partial charge is 0.377 e. The summed E-state index contributed by atoms with van der Waals surface area (Å²) in [6.07, 6.45) is 3.08. The van der Waals surface area contributed by atoms with Crippen LogP contribution < -0.4 is 5.32 Å². The number of amides is 1. The second kappa shape index (κ2) is 8.29. The molecule has 0 unspecified atom stereocenters. The third kappa shape index (κ3) is 4.12. The molecular formula is C21H27N3O3S. The average molecular weight is 402 g/mol. The standard InChI is InChI=1S/C21H27N3O3S/c1-15-22-18(14-28-15)16-5-3-6-17(11-16)23-20(25)13-24-9-8-21(7-4-10-27-21)19(12-24)26-2/h3,5-6,11,14,19H,4,7-10,12-13H2,1-2H3,(H,23,25)/t19-,21-/m0/s1. The van der Waals surface area contributed by atoms with Crippen LogP contribution in [0.3, 0.4) is 0 Å². The highest BCUT2D eigenvalue weighted by Crippen LogP contribution is 2.37. The molecule has 0 saturated carbocycles. The summed E-state index contributed by atoms with van der Waals surface area (Å²) in [4.78, 5) is 19.3. The number of anilines is 1. The number of hydrogen-bond acceptors (Lipinski definition) is 6. The van der Waals surface area contributed by atoms with Crippen molar-refractivity contribution in [3.63, 3.8) is 0 Å². The maximum absolute atomic E-state index is 12.6. The topological polar surface area (TPSA) is 63.7 Å². The molecule has 1 N–H and O–H groups in total. The molecule has 0 bridgehead atoms. The first kappa shape index (κ1) is 19.5. The van der Waals surface area contributed by atoms with Crippen LogP contribution in [0, 0.1) is 6.92 Å². The van der Waals surface area contributed by atoms with E-state index in [2.05, 4.69) is 15.2 Å². The fraction of sp³-hybridized carbons (Fsp3) is 0.524. The Hall–Kier alpha value is -1.80. The molecule has 0 aliphatic carbocycles. The van der Waals surface area contributed by atoms with Gasteiger partial charge in [-0.3, -0.25) is 9.69 Å². The SMILES string of the molecule is CO[C@H]1CN(CC(=O)Nc2cccc(-c3csc(C)n3)c2)CC[C@@]12CCCO2. The zero-order valence-electron chi connectivity index (χ0n) is 16.4. The Kier molecular flexibility index (Phi) is 5.78. The van der Waals surface area contributed by atoms with Gasteiger partial charge in [0.05, 0.1) is 29.0 Å². The van der Waals surface area contributed by atoms with E-state index in [1.807, 2.05) is 36.6 Å². The minimum absolute atomic E-state index is 0.00949. The molecule has 2 aliphatic heterocycles. The van der Waals surface area contributed by atoms with Crippen molar-refractivity contribution in [2.75, 3.05) is 38.7 Å². The first-order valence-electron chi connectivity index (χ1n) is 9.79. The monoisotopic (exact) mass is 401 g/mol. The van der Waals surface area contributed by atoms with Gasteiger partial charge in [0.25, 0.3) is 0 Å². The summed E-state index contributed by atoms with van der Waals surface area (Å²) in [5.41, 5.74) is 2.60. The van der Waals surface area contributed by atoms with Crippen molar-refractivity contribution in [1.82, 2.24) is 9.88 Å². The van der Waals surface area contributed by atoms with Gasteiger partial charge in [0.1, 0.15) is 0 Å². The molecule has 0 radical (unpaired) electrons. The molecule has 28 heavy (non-hydrogen) atoms. The van der Waals surface area contributed by atoms with Crippen LogP contribution in [0.15, 0.2) is 29.6 Å². The van der Waals surface area contributed by atoms with E-state index in [-0.39, 0.29) is 17.6 Å². The third-order valence-corrected chi connectivity index (χ3v) is 6.48. The lowest BCUT2D eigenvalue weighted by Crippen LogP contribution is -2.57. The molecule has 1 aromatic carbocycles. The molecule has 2 atom stereocenters. The van der Waals surface area contributed by atoms with Gasteiger partial charge >= 0.3 is 0 Å². The molecule has 2 aliphatic rings. The van der Waals surface area contributed by atoms with Crippen LogP contribution in [0.2, 0.25) is 0 Å². The minimum atomic E-state index is -0.151. The van der Waals surface area contributed by atoms with E-state index in [0.29, 0.717) is 6.54 Å². The second-order valence-corrected chi connectivity index (χ2v) is 8.67. The molecule has 150 valence electrons. The van der Waals surface area contributed by atoms with Gasteiger partial charge in [-0.2, -0.15) is 0 Å².